The van der Waals surface area contributed by atoms with E-state index in [1.807, 2.05) is 0 Å². The van der Waals surface area contributed by atoms with Crippen molar-refractivity contribution in [2.75, 3.05) is 5.32 Å². The number of rotatable bonds is 4. The largest absolute Gasteiger partial charge is 0.457 e. The maximum atomic E-state index is 14.3. The predicted molar refractivity (Wildman–Crippen MR) is 115 cm³/mol. The number of alkyl halides is 3. The third-order valence-electron chi connectivity index (χ3n) is 5.36. The van der Waals surface area contributed by atoms with E-state index in [2.05, 4.69) is 15.4 Å². The SMILES string of the molecule is O=C(Nc1ccc2c(c1)COC2=O)c1cc(-c2ccncc2)n(-c2ccc(C(F)(F)F)c(F)c2)n1. The molecule has 0 spiro atoms. The molecule has 1 amide bonds. The van der Waals surface area contributed by atoms with Crippen LogP contribution in [0.4, 0.5) is 23.2 Å². The number of halogens is 4. The smallest absolute Gasteiger partial charge is 0.419 e. The first-order valence-electron chi connectivity index (χ1n) is 10.2. The van der Waals surface area contributed by atoms with Crippen LogP contribution in [0.25, 0.3) is 16.9 Å². The van der Waals surface area contributed by atoms with Crippen LogP contribution < -0.4 is 5.32 Å². The molecule has 5 rings (SSSR count). The fraction of sp³-hybridized carbons (Fsp3) is 0.0833. The van der Waals surface area contributed by atoms with Crippen LogP contribution in [-0.4, -0.2) is 26.6 Å². The molecule has 1 N–H and O–H groups in total. The van der Waals surface area contributed by atoms with Crippen LogP contribution in [-0.2, 0) is 17.5 Å². The van der Waals surface area contributed by atoms with Gasteiger partial charge in [0.2, 0.25) is 0 Å². The molecule has 2 aromatic heterocycles. The van der Waals surface area contributed by atoms with Crippen LogP contribution >= 0.6 is 0 Å². The zero-order chi connectivity index (χ0) is 24.7. The predicted octanol–water partition coefficient (Wildman–Crippen LogP) is 5.01. The van der Waals surface area contributed by atoms with Crippen LogP contribution in [0.3, 0.4) is 0 Å². The topological polar surface area (TPSA) is 86.1 Å². The number of hydrogen-bond acceptors (Lipinski definition) is 5. The Hall–Kier alpha value is -4.54. The number of carbonyl (C=O) groups is 2. The summed E-state index contributed by atoms with van der Waals surface area (Å²) >= 11 is 0. The number of ether oxygens (including phenoxy) is 1. The van der Waals surface area contributed by atoms with Gasteiger partial charge in [0.25, 0.3) is 5.91 Å². The number of amides is 1. The number of pyridine rings is 1. The van der Waals surface area contributed by atoms with Gasteiger partial charge in [-0.2, -0.15) is 18.3 Å². The molecule has 1 aliphatic rings. The van der Waals surface area contributed by atoms with Gasteiger partial charge in [-0.05, 0) is 48.5 Å². The Balaban J connectivity index is 1.52. The summed E-state index contributed by atoms with van der Waals surface area (Å²) in [7, 11) is 0. The number of nitrogens with one attached hydrogen (secondary N) is 1. The van der Waals surface area contributed by atoms with E-state index < -0.39 is 29.4 Å². The lowest BCUT2D eigenvalue weighted by molar-refractivity contribution is -0.140. The monoisotopic (exact) mass is 482 g/mol. The van der Waals surface area contributed by atoms with Gasteiger partial charge in [-0.1, -0.05) is 0 Å². The number of benzene rings is 2. The van der Waals surface area contributed by atoms with Crippen LogP contribution in [0.1, 0.15) is 32.0 Å². The minimum absolute atomic E-state index is 0.00504. The van der Waals surface area contributed by atoms with E-state index in [-0.39, 0.29) is 18.0 Å². The Morgan fingerprint density at radius 3 is 2.51 bits per heavy atom. The zero-order valence-electron chi connectivity index (χ0n) is 17.6. The minimum Gasteiger partial charge on any atom is -0.457 e. The quantitative estimate of drug-likeness (QED) is 0.326. The maximum absolute atomic E-state index is 14.3. The first-order valence-corrected chi connectivity index (χ1v) is 10.2. The molecule has 0 unspecified atom stereocenters. The van der Waals surface area contributed by atoms with E-state index in [4.69, 9.17) is 4.74 Å². The summed E-state index contributed by atoms with van der Waals surface area (Å²) in [6, 6.07) is 11.7. The van der Waals surface area contributed by atoms with Gasteiger partial charge in [0.1, 0.15) is 12.4 Å². The second kappa shape index (κ2) is 8.35. The zero-order valence-corrected chi connectivity index (χ0v) is 17.6. The number of anilines is 1. The molecule has 176 valence electrons. The number of fused-ring (bicyclic) bond motifs is 1. The summed E-state index contributed by atoms with van der Waals surface area (Å²) in [5.41, 5.74) is 0.848. The molecular formula is C24H14F4N4O3. The summed E-state index contributed by atoms with van der Waals surface area (Å²) in [4.78, 5) is 28.5. The summed E-state index contributed by atoms with van der Waals surface area (Å²) in [6.07, 6.45) is -1.86. The van der Waals surface area contributed by atoms with Crippen molar-refractivity contribution in [3.63, 3.8) is 0 Å². The van der Waals surface area contributed by atoms with Gasteiger partial charge in [-0.15, -0.1) is 0 Å². The molecule has 0 bridgehead atoms. The van der Waals surface area contributed by atoms with Crippen molar-refractivity contribution in [3.8, 4) is 16.9 Å². The van der Waals surface area contributed by atoms with Gasteiger partial charge < -0.3 is 10.1 Å². The van der Waals surface area contributed by atoms with Crippen molar-refractivity contribution in [1.29, 1.82) is 0 Å². The van der Waals surface area contributed by atoms with Gasteiger partial charge >= 0.3 is 12.1 Å². The Labute approximate surface area is 195 Å². The third kappa shape index (κ3) is 4.23. The fourth-order valence-corrected chi connectivity index (χ4v) is 3.69. The molecule has 11 heteroatoms. The number of esters is 1. The molecule has 4 aromatic rings. The molecule has 1 aliphatic heterocycles. The van der Waals surface area contributed by atoms with Crippen molar-refractivity contribution in [2.45, 2.75) is 12.8 Å². The van der Waals surface area contributed by atoms with E-state index in [9.17, 15) is 27.2 Å². The van der Waals surface area contributed by atoms with Crippen molar-refractivity contribution >= 4 is 17.6 Å². The lowest BCUT2D eigenvalue weighted by Gasteiger charge is -2.11. The first-order chi connectivity index (χ1) is 16.7. The number of carbonyl (C=O) groups excluding carboxylic acids is 2. The molecule has 7 nitrogen and oxygen atoms in total. The molecule has 0 aliphatic carbocycles. The normalized spacial score (nSPS) is 12.9. The highest BCUT2D eigenvalue weighted by molar-refractivity contribution is 6.04. The van der Waals surface area contributed by atoms with Gasteiger partial charge in [-0.3, -0.25) is 9.78 Å². The van der Waals surface area contributed by atoms with Crippen molar-refractivity contribution in [1.82, 2.24) is 14.8 Å². The molecular weight excluding hydrogens is 468 g/mol. The summed E-state index contributed by atoms with van der Waals surface area (Å²) in [5, 5.41) is 6.90. The van der Waals surface area contributed by atoms with Gasteiger partial charge in [-0.25, -0.2) is 13.9 Å². The number of cyclic esters (lactones) is 1. The Bertz CT molecular complexity index is 1470. The lowest BCUT2D eigenvalue weighted by atomic mass is 10.1. The fourth-order valence-electron chi connectivity index (χ4n) is 3.69. The molecule has 3 heterocycles. The average Bonchev–Trinajstić information content (AvgIpc) is 3.43. The second-order valence-electron chi connectivity index (χ2n) is 7.63. The van der Waals surface area contributed by atoms with E-state index in [1.165, 1.54) is 35.3 Å². The standard InChI is InChI=1S/C24H14F4N4O3/c25-19-10-16(2-4-18(19)24(26,27)28)32-21(13-5-7-29-8-6-13)11-20(31-32)22(33)30-15-1-3-17-14(9-15)12-35-23(17)34/h1-11H,12H2,(H,30,33). The highest BCUT2D eigenvalue weighted by Gasteiger charge is 2.34. The first kappa shape index (κ1) is 22.3. The molecule has 2 aromatic carbocycles. The van der Waals surface area contributed by atoms with Crippen LogP contribution in [0.2, 0.25) is 0 Å². The summed E-state index contributed by atoms with van der Waals surface area (Å²) in [5.74, 6) is -2.52. The van der Waals surface area contributed by atoms with Gasteiger partial charge in [0, 0.05) is 35.3 Å². The van der Waals surface area contributed by atoms with E-state index >= 15 is 0 Å². The molecule has 35 heavy (non-hydrogen) atoms. The molecule has 0 atom stereocenters. The van der Waals surface area contributed by atoms with Gasteiger partial charge in [0.05, 0.1) is 22.5 Å². The minimum atomic E-state index is -4.85. The maximum Gasteiger partial charge on any atom is 0.419 e. The third-order valence-corrected chi connectivity index (χ3v) is 5.36. The van der Waals surface area contributed by atoms with Gasteiger partial charge in [0.15, 0.2) is 5.69 Å². The highest BCUT2D eigenvalue weighted by atomic mass is 19.4. The van der Waals surface area contributed by atoms with Crippen molar-refractivity contribution in [2.24, 2.45) is 0 Å². The average molecular weight is 482 g/mol. The Morgan fingerprint density at radius 2 is 1.80 bits per heavy atom. The number of hydrogen-bond donors (Lipinski definition) is 1. The Morgan fingerprint density at radius 1 is 1.03 bits per heavy atom. The molecule has 0 saturated heterocycles. The highest BCUT2D eigenvalue weighted by Crippen LogP contribution is 2.33. The molecule has 0 saturated carbocycles. The van der Waals surface area contributed by atoms with Crippen molar-refractivity contribution in [3.05, 3.63) is 95.2 Å². The van der Waals surface area contributed by atoms with Crippen LogP contribution in [0, 0.1) is 5.82 Å². The molecule has 0 radical (unpaired) electrons. The van der Waals surface area contributed by atoms with E-state index in [0.29, 0.717) is 40.2 Å². The van der Waals surface area contributed by atoms with Crippen LogP contribution in [0.5, 0.6) is 0 Å². The summed E-state index contributed by atoms with van der Waals surface area (Å²) in [6.45, 7) is 0.0954. The number of aromatic nitrogens is 3. The lowest BCUT2D eigenvalue weighted by Crippen LogP contribution is -2.14. The van der Waals surface area contributed by atoms with Crippen molar-refractivity contribution < 1.29 is 31.9 Å². The van der Waals surface area contributed by atoms with Crippen LogP contribution in [0.15, 0.2) is 67.0 Å². The van der Waals surface area contributed by atoms with E-state index in [1.54, 1.807) is 18.2 Å². The number of nitrogens with zero attached hydrogens (tertiary/aromatic N) is 3. The summed E-state index contributed by atoms with van der Waals surface area (Å²) < 4.78 is 59.4. The molecule has 0 fully saturated rings. The van der Waals surface area contributed by atoms with E-state index in [0.717, 1.165) is 6.07 Å². The Kier molecular flexibility index (Phi) is 5.31. The second-order valence-corrected chi connectivity index (χ2v) is 7.63.